The Hall–Kier alpha value is -2.99. The van der Waals surface area contributed by atoms with Crippen LogP contribution in [0.3, 0.4) is 0 Å². The van der Waals surface area contributed by atoms with Gasteiger partial charge < -0.3 is 24.8 Å². The van der Waals surface area contributed by atoms with Crippen LogP contribution in [0.4, 0.5) is 5.69 Å². The predicted molar refractivity (Wildman–Crippen MR) is 114 cm³/mol. The molecule has 6 nitrogen and oxygen atoms in total. The zero-order chi connectivity index (χ0) is 20.7. The molecule has 1 saturated heterocycles. The number of morpholine rings is 1. The Balaban J connectivity index is 1.55. The molecule has 1 aliphatic carbocycles. The topological polar surface area (TPSA) is 71.0 Å². The van der Waals surface area contributed by atoms with Gasteiger partial charge in [0.05, 0.1) is 37.6 Å². The fraction of sp³-hybridized carbons (Fsp3) is 0.375. The number of hydrogen-bond acceptors (Lipinski definition) is 5. The quantitative estimate of drug-likeness (QED) is 0.761. The van der Waals surface area contributed by atoms with E-state index in [0.717, 1.165) is 17.7 Å². The molecule has 2 heterocycles. The van der Waals surface area contributed by atoms with Crippen molar-refractivity contribution < 1.29 is 19.4 Å². The Kier molecular flexibility index (Phi) is 4.87. The van der Waals surface area contributed by atoms with Crippen molar-refractivity contribution in [2.45, 2.75) is 18.4 Å². The molecule has 30 heavy (non-hydrogen) atoms. The van der Waals surface area contributed by atoms with Crippen LogP contribution in [-0.2, 0) is 4.74 Å². The number of anilines is 1. The predicted octanol–water partition coefficient (Wildman–Crippen LogP) is 3.70. The van der Waals surface area contributed by atoms with Gasteiger partial charge in [-0.15, -0.1) is 0 Å². The highest BCUT2D eigenvalue weighted by Crippen LogP contribution is 2.51. The smallest absolute Gasteiger partial charge is 0.256 e. The van der Waals surface area contributed by atoms with Gasteiger partial charge in [-0.05, 0) is 41.7 Å². The molecule has 0 aromatic heterocycles. The number of phenolic OH excluding ortho intramolecular Hbond substituents is 1. The standard InChI is InChI=1S/C24H26N2O4/c1-29-21-14-15(8-9-20(21)27)22-17-5-2-4-16(17)18-6-3-7-19(23(18)25-22)24(28)26-10-12-30-13-11-26/h2-4,6-9,14,16-17,22,25,27H,5,10-13H2,1H3. The molecule has 2 aromatic rings. The maximum Gasteiger partial charge on any atom is 0.256 e. The lowest BCUT2D eigenvalue weighted by Crippen LogP contribution is -2.41. The molecule has 2 aliphatic heterocycles. The molecule has 0 bridgehead atoms. The molecule has 3 aliphatic rings. The van der Waals surface area contributed by atoms with Gasteiger partial charge in [0.2, 0.25) is 0 Å². The number of amides is 1. The fourth-order valence-corrected chi connectivity index (χ4v) is 4.95. The third-order valence-electron chi connectivity index (χ3n) is 6.49. The summed E-state index contributed by atoms with van der Waals surface area (Å²) in [7, 11) is 1.56. The van der Waals surface area contributed by atoms with Crippen molar-refractivity contribution in [2.75, 3.05) is 38.7 Å². The number of allylic oxidation sites excluding steroid dienone is 2. The van der Waals surface area contributed by atoms with Gasteiger partial charge in [-0.25, -0.2) is 0 Å². The highest BCUT2D eigenvalue weighted by Gasteiger charge is 2.40. The van der Waals surface area contributed by atoms with Gasteiger partial charge in [0, 0.05) is 19.0 Å². The van der Waals surface area contributed by atoms with Crippen molar-refractivity contribution in [3.63, 3.8) is 0 Å². The first-order valence-corrected chi connectivity index (χ1v) is 10.5. The Labute approximate surface area is 176 Å². The SMILES string of the molecule is COc1cc(C2Nc3c(C(=O)N4CCOCC4)cccc3C3C=CCC32)ccc1O. The molecule has 0 spiro atoms. The first-order chi connectivity index (χ1) is 14.7. The fourth-order valence-electron chi connectivity index (χ4n) is 4.95. The third kappa shape index (κ3) is 3.12. The van der Waals surface area contributed by atoms with Crippen molar-refractivity contribution in [1.82, 2.24) is 4.90 Å². The second kappa shape index (κ2) is 7.69. The van der Waals surface area contributed by atoms with E-state index in [1.807, 2.05) is 29.2 Å². The van der Waals surface area contributed by atoms with Gasteiger partial charge in [-0.1, -0.05) is 30.4 Å². The number of phenols is 1. The summed E-state index contributed by atoms with van der Waals surface area (Å²) in [5.41, 5.74) is 3.85. The van der Waals surface area contributed by atoms with Crippen LogP contribution in [0.25, 0.3) is 0 Å². The largest absolute Gasteiger partial charge is 0.504 e. The Morgan fingerprint density at radius 1 is 1.23 bits per heavy atom. The molecule has 1 amide bonds. The zero-order valence-electron chi connectivity index (χ0n) is 17.0. The van der Waals surface area contributed by atoms with E-state index in [0.29, 0.717) is 43.5 Å². The van der Waals surface area contributed by atoms with E-state index in [9.17, 15) is 9.90 Å². The molecule has 6 heteroatoms. The van der Waals surface area contributed by atoms with Crippen molar-refractivity contribution in [3.05, 3.63) is 65.2 Å². The van der Waals surface area contributed by atoms with Gasteiger partial charge >= 0.3 is 0 Å². The molecule has 3 unspecified atom stereocenters. The molecule has 3 atom stereocenters. The van der Waals surface area contributed by atoms with Crippen LogP contribution in [0.1, 0.15) is 39.9 Å². The summed E-state index contributed by atoms with van der Waals surface area (Å²) in [6, 6.07) is 11.5. The number of benzene rings is 2. The molecular weight excluding hydrogens is 380 g/mol. The van der Waals surface area contributed by atoms with Crippen LogP contribution in [0.2, 0.25) is 0 Å². The summed E-state index contributed by atoms with van der Waals surface area (Å²) < 4.78 is 10.7. The summed E-state index contributed by atoms with van der Waals surface area (Å²) in [5, 5.41) is 13.7. The lowest BCUT2D eigenvalue weighted by molar-refractivity contribution is 0.0303. The lowest BCUT2D eigenvalue weighted by Gasteiger charge is -2.39. The number of methoxy groups -OCH3 is 1. The lowest BCUT2D eigenvalue weighted by atomic mass is 9.76. The van der Waals surface area contributed by atoms with Crippen LogP contribution < -0.4 is 10.1 Å². The average molecular weight is 406 g/mol. The Morgan fingerprint density at radius 3 is 2.87 bits per heavy atom. The Bertz CT molecular complexity index is 997. The highest BCUT2D eigenvalue weighted by molar-refractivity contribution is 6.01. The van der Waals surface area contributed by atoms with E-state index in [1.165, 1.54) is 5.56 Å². The molecule has 1 fully saturated rings. The maximum absolute atomic E-state index is 13.3. The number of fused-ring (bicyclic) bond motifs is 3. The number of ether oxygens (including phenoxy) is 2. The maximum atomic E-state index is 13.3. The first kappa shape index (κ1) is 19.0. The minimum atomic E-state index is 0.0191. The van der Waals surface area contributed by atoms with Gasteiger partial charge in [0.15, 0.2) is 11.5 Å². The molecule has 2 N–H and O–H groups in total. The molecule has 0 saturated carbocycles. The summed E-state index contributed by atoms with van der Waals surface area (Å²) in [4.78, 5) is 15.2. The Morgan fingerprint density at radius 2 is 2.07 bits per heavy atom. The number of hydrogen-bond donors (Lipinski definition) is 2. The number of rotatable bonds is 3. The van der Waals surface area contributed by atoms with Crippen molar-refractivity contribution in [2.24, 2.45) is 5.92 Å². The van der Waals surface area contributed by atoms with Crippen molar-refractivity contribution >= 4 is 11.6 Å². The number of carbonyl (C=O) groups is 1. The summed E-state index contributed by atoms with van der Waals surface area (Å²) in [6.45, 7) is 2.40. The van der Waals surface area contributed by atoms with Crippen LogP contribution in [0, 0.1) is 5.92 Å². The van der Waals surface area contributed by atoms with E-state index in [4.69, 9.17) is 9.47 Å². The van der Waals surface area contributed by atoms with E-state index in [-0.39, 0.29) is 23.6 Å². The summed E-state index contributed by atoms with van der Waals surface area (Å²) in [6.07, 6.45) is 5.46. The van der Waals surface area contributed by atoms with Crippen molar-refractivity contribution in [3.8, 4) is 11.5 Å². The van der Waals surface area contributed by atoms with Crippen LogP contribution >= 0.6 is 0 Å². The minimum absolute atomic E-state index is 0.0191. The summed E-state index contributed by atoms with van der Waals surface area (Å²) in [5.74, 6) is 1.23. The number of aromatic hydroxyl groups is 1. The third-order valence-corrected chi connectivity index (χ3v) is 6.49. The van der Waals surface area contributed by atoms with Crippen LogP contribution in [0.5, 0.6) is 11.5 Å². The summed E-state index contributed by atoms with van der Waals surface area (Å²) >= 11 is 0. The van der Waals surface area contributed by atoms with E-state index in [2.05, 4.69) is 23.5 Å². The van der Waals surface area contributed by atoms with Gasteiger partial charge in [0.1, 0.15) is 0 Å². The van der Waals surface area contributed by atoms with Crippen LogP contribution in [-0.4, -0.2) is 49.3 Å². The van der Waals surface area contributed by atoms with E-state index >= 15 is 0 Å². The number of para-hydroxylation sites is 1. The number of nitrogens with zero attached hydrogens (tertiary/aromatic N) is 1. The average Bonchev–Trinajstić information content (AvgIpc) is 3.29. The van der Waals surface area contributed by atoms with Gasteiger partial charge in [-0.2, -0.15) is 0 Å². The molecule has 2 aromatic carbocycles. The normalized spacial score (nSPS) is 24.7. The molecular formula is C24H26N2O4. The van der Waals surface area contributed by atoms with Crippen LogP contribution in [0.15, 0.2) is 48.6 Å². The second-order valence-corrected chi connectivity index (χ2v) is 8.08. The van der Waals surface area contributed by atoms with Crippen molar-refractivity contribution in [1.29, 1.82) is 0 Å². The monoisotopic (exact) mass is 406 g/mol. The minimum Gasteiger partial charge on any atom is -0.504 e. The second-order valence-electron chi connectivity index (χ2n) is 8.08. The zero-order valence-corrected chi connectivity index (χ0v) is 17.0. The van der Waals surface area contributed by atoms with E-state index in [1.54, 1.807) is 13.2 Å². The first-order valence-electron chi connectivity index (χ1n) is 10.5. The number of nitrogens with one attached hydrogen (secondary N) is 1. The van der Waals surface area contributed by atoms with E-state index < -0.39 is 0 Å². The molecule has 156 valence electrons. The van der Waals surface area contributed by atoms with Gasteiger partial charge in [0.25, 0.3) is 5.91 Å². The molecule has 5 rings (SSSR count). The number of carbonyl (C=O) groups excluding carboxylic acids is 1. The van der Waals surface area contributed by atoms with Gasteiger partial charge in [-0.3, -0.25) is 4.79 Å². The highest BCUT2D eigenvalue weighted by atomic mass is 16.5. The molecule has 0 radical (unpaired) electrons.